The van der Waals surface area contributed by atoms with E-state index < -0.39 is 0 Å². The summed E-state index contributed by atoms with van der Waals surface area (Å²) in [5.74, 6) is 0.682. The summed E-state index contributed by atoms with van der Waals surface area (Å²) in [5.41, 5.74) is 2.25. The largest absolute Gasteiger partial charge is 0.240 e. The minimum absolute atomic E-state index is 0.682. The van der Waals surface area contributed by atoms with E-state index in [1.165, 1.54) is 25.0 Å². The van der Waals surface area contributed by atoms with Gasteiger partial charge in [-0.25, -0.2) is 9.97 Å². The molecule has 64 valence electrons. The van der Waals surface area contributed by atoms with Crippen LogP contribution in [0.25, 0.3) is 0 Å². The van der Waals surface area contributed by atoms with Gasteiger partial charge in [0, 0.05) is 5.92 Å². The van der Waals surface area contributed by atoms with E-state index in [1.54, 1.807) is 6.33 Å². The maximum Gasteiger partial charge on any atom is 0.116 e. The molecule has 12 heavy (non-hydrogen) atoms. The average Bonchev–Trinajstić information content (AvgIpc) is 1.95. The van der Waals surface area contributed by atoms with E-state index >= 15 is 0 Å². The lowest BCUT2D eigenvalue weighted by Gasteiger charge is -2.25. The van der Waals surface area contributed by atoms with Crippen molar-refractivity contribution in [3.63, 3.8) is 0 Å². The summed E-state index contributed by atoms with van der Waals surface area (Å²) in [6, 6.07) is 0. The Morgan fingerprint density at radius 3 is 2.75 bits per heavy atom. The number of hydrogen-bond acceptors (Lipinski definition) is 2. The second-order valence-corrected chi connectivity index (χ2v) is 4.08. The van der Waals surface area contributed by atoms with Crippen molar-refractivity contribution in [2.75, 3.05) is 0 Å². The quantitative estimate of drug-likeness (QED) is 0.737. The number of nitrogens with zero attached hydrogens (tertiary/aromatic N) is 2. The van der Waals surface area contributed by atoms with Crippen molar-refractivity contribution in [1.82, 2.24) is 9.97 Å². The molecule has 0 aliphatic heterocycles. The van der Waals surface area contributed by atoms with Crippen molar-refractivity contribution in [3.8, 4) is 0 Å². The molecule has 1 aromatic rings. The summed E-state index contributed by atoms with van der Waals surface area (Å²) in [6.45, 7) is 2.01. The Kier molecular flexibility index (Phi) is 2.13. The Morgan fingerprint density at radius 1 is 1.42 bits per heavy atom. The first-order chi connectivity index (χ1) is 5.79. The lowest BCUT2D eigenvalue weighted by Crippen LogP contribution is -2.12. The van der Waals surface area contributed by atoms with Crippen molar-refractivity contribution in [2.45, 2.75) is 32.1 Å². The van der Waals surface area contributed by atoms with Crippen LogP contribution in [-0.4, -0.2) is 9.97 Å². The van der Waals surface area contributed by atoms with E-state index in [9.17, 15) is 0 Å². The van der Waals surface area contributed by atoms with Gasteiger partial charge in [0.1, 0.15) is 6.33 Å². The van der Waals surface area contributed by atoms with Gasteiger partial charge in [0.25, 0.3) is 0 Å². The van der Waals surface area contributed by atoms with Crippen molar-refractivity contribution < 1.29 is 0 Å². The molecule has 3 heteroatoms. The van der Waals surface area contributed by atoms with Crippen LogP contribution in [0.5, 0.6) is 0 Å². The molecular weight excluding hydrogens is 216 g/mol. The third-order valence-electron chi connectivity index (χ3n) is 2.48. The normalized spacial score (nSPS) is 17.5. The fourth-order valence-corrected chi connectivity index (χ4v) is 1.97. The van der Waals surface area contributed by atoms with Gasteiger partial charge in [-0.1, -0.05) is 6.42 Å². The van der Waals surface area contributed by atoms with Crippen LogP contribution >= 0.6 is 15.9 Å². The molecule has 1 aliphatic rings. The van der Waals surface area contributed by atoms with Gasteiger partial charge in [0.15, 0.2) is 0 Å². The van der Waals surface area contributed by atoms with E-state index in [0.717, 1.165) is 10.2 Å². The molecule has 0 unspecified atom stereocenters. The van der Waals surface area contributed by atoms with Crippen LogP contribution in [0, 0.1) is 6.92 Å². The van der Waals surface area contributed by atoms with Crippen LogP contribution in [-0.2, 0) is 0 Å². The van der Waals surface area contributed by atoms with Crippen LogP contribution < -0.4 is 0 Å². The molecule has 0 atom stereocenters. The van der Waals surface area contributed by atoms with E-state index in [0.29, 0.717) is 5.92 Å². The predicted molar refractivity (Wildman–Crippen MR) is 51.1 cm³/mol. The van der Waals surface area contributed by atoms with Gasteiger partial charge in [-0.3, -0.25) is 0 Å². The minimum Gasteiger partial charge on any atom is -0.240 e. The van der Waals surface area contributed by atoms with Gasteiger partial charge in [-0.05, 0) is 35.7 Å². The van der Waals surface area contributed by atoms with Gasteiger partial charge >= 0.3 is 0 Å². The van der Waals surface area contributed by atoms with E-state index in [1.807, 2.05) is 6.92 Å². The first-order valence-electron chi connectivity index (χ1n) is 4.26. The number of hydrogen-bond donors (Lipinski definition) is 0. The molecule has 0 radical (unpaired) electrons. The third kappa shape index (κ3) is 1.26. The molecule has 2 nitrogen and oxygen atoms in total. The zero-order valence-corrected chi connectivity index (χ0v) is 8.63. The predicted octanol–water partition coefficient (Wildman–Crippen LogP) is 2.82. The molecule has 1 saturated carbocycles. The molecular formula is C9H11BrN2. The molecule has 0 amide bonds. The van der Waals surface area contributed by atoms with Gasteiger partial charge in [-0.2, -0.15) is 0 Å². The molecule has 0 bridgehead atoms. The van der Waals surface area contributed by atoms with Crippen LogP contribution in [0.15, 0.2) is 10.8 Å². The summed E-state index contributed by atoms with van der Waals surface area (Å²) >= 11 is 3.53. The highest BCUT2D eigenvalue weighted by molar-refractivity contribution is 9.10. The highest BCUT2D eigenvalue weighted by Crippen LogP contribution is 2.38. The Balaban J connectivity index is 2.36. The maximum absolute atomic E-state index is 4.30. The first kappa shape index (κ1) is 8.17. The summed E-state index contributed by atoms with van der Waals surface area (Å²) in [6.07, 6.45) is 5.58. The second-order valence-electron chi connectivity index (χ2n) is 3.29. The summed E-state index contributed by atoms with van der Waals surface area (Å²) in [7, 11) is 0. The lowest BCUT2D eigenvalue weighted by molar-refractivity contribution is 0.408. The fraction of sp³-hybridized carbons (Fsp3) is 0.556. The van der Waals surface area contributed by atoms with E-state index in [2.05, 4.69) is 25.9 Å². The number of aryl methyl sites for hydroxylation is 1. The Bertz CT molecular complexity index is 295. The summed E-state index contributed by atoms with van der Waals surface area (Å²) in [4.78, 5) is 8.43. The molecule has 1 aromatic heterocycles. The zero-order chi connectivity index (χ0) is 8.55. The van der Waals surface area contributed by atoms with Crippen LogP contribution in [0.1, 0.15) is 36.6 Å². The van der Waals surface area contributed by atoms with E-state index in [-0.39, 0.29) is 0 Å². The summed E-state index contributed by atoms with van der Waals surface area (Å²) < 4.78 is 1.11. The molecule has 2 rings (SSSR count). The highest BCUT2D eigenvalue weighted by Gasteiger charge is 2.23. The van der Waals surface area contributed by atoms with Crippen molar-refractivity contribution in [1.29, 1.82) is 0 Å². The Hall–Kier alpha value is -0.440. The molecule has 1 aliphatic carbocycles. The number of aromatic nitrogens is 2. The van der Waals surface area contributed by atoms with Crippen molar-refractivity contribution >= 4 is 15.9 Å². The van der Waals surface area contributed by atoms with Gasteiger partial charge in [0.05, 0.1) is 15.9 Å². The monoisotopic (exact) mass is 226 g/mol. The van der Waals surface area contributed by atoms with Crippen molar-refractivity contribution in [3.05, 3.63) is 22.2 Å². The van der Waals surface area contributed by atoms with Crippen LogP contribution in [0.4, 0.5) is 0 Å². The smallest absolute Gasteiger partial charge is 0.116 e. The Morgan fingerprint density at radius 2 is 2.17 bits per heavy atom. The third-order valence-corrected chi connectivity index (χ3v) is 3.46. The first-order valence-corrected chi connectivity index (χ1v) is 5.05. The van der Waals surface area contributed by atoms with E-state index in [4.69, 9.17) is 0 Å². The second kappa shape index (κ2) is 3.13. The maximum atomic E-state index is 4.30. The molecule has 0 spiro atoms. The average molecular weight is 227 g/mol. The Labute approximate surface area is 80.6 Å². The molecule has 0 aromatic carbocycles. The zero-order valence-electron chi connectivity index (χ0n) is 7.05. The molecule has 1 fully saturated rings. The lowest BCUT2D eigenvalue weighted by atomic mass is 9.83. The van der Waals surface area contributed by atoms with Gasteiger partial charge in [-0.15, -0.1) is 0 Å². The van der Waals surface area contributed by atoms with Crippen molar-refractivity contribution in [2.24, 2.45) is 0 Å². The van der Waals surface area contributed by atoms with Crippen LogP contribution in [0.3, 0.4) is 0 Å². The SMILES string of the molecule is Cc1ncnc(C2CCC2)c1Br. The van der Waals surface area contributed by atoms with Gasteiger partial charge < -0.3 is 0 Å². The fourth-order valence-electron chi connectivity index (χ4n) is 1.44. The summed E-state index contributed by atoms with van der Waals surface area (Å²) in [5, 5.41) is 0. The van der Waals surface area contributed by atoms with Crippen LogP contribution in [0.2, 0.25) is 0 Å². The number of rotatable bonds is 1. The molecule has 0 N–H and O–H groups in total. The standard InChI is InChI=1S/C9H11BrN2/c1-6-8(10)9(12-5-11-6)7-3-2-4-7/h5,7H,2-4H2,1H3. The molecule has 0 saturated heterocycles. The highest BCUT2D eigenvalue weighted by atomic mass is 79.9. The minimum atomic E-state index is 0.682. The number of halogens is 1. The molecule has 1 heterocycles. The van der Waals surface area contributed by atoms with Gasteiger partial charge in [0.2, 0.25) is 0 Å². The topological polar surface area (TPSA) is 25.8 Å².